The maximum atomic E-state index is 10.6. The second-order valence-electron chi connectivity index (χ2n) is 6.68. The van der Waals surface area contributed by atoms with E-state index in [1.165, 1.54) is 5.56 Å². The van der Waals surface area contributed by atoms with Crippen LogP contribution in [0.3, 0.4) is 0 Å². The molecule has 0 aliphatic rings. The summed E-state index contributed by atoms with van der Waals surface area (Å²) in [5, 5.41) is 10.6. The van der Waals surface area contributed by atoms with Crippen molar-refractivity contribution in [2.75, 3.05) is 6.61 Å². The molecule has 0 saturated heterocycles. The number of fused-ring (bicyclic) bond motifs is 1. The Morgan fingerprint density at radius 1 is 0.926 bits per heavy atom. The van der Waals surface area contributed by atoms with Crippen molar-refractivity contribution in [2.45, 2.75) is 19.6 Å². The van der Waals surface area contributed by atoms with Crippen LogP contribution in [0.2, 0.25) is 0 Å². The molecule has 4 rings (SSSR count). The number of para-hydroxylation sites is 2. The van der Waals surface area contributed by atoms with Gasteiger partial charge in [-0.25, -0.2) is 4.98 Å². The van der Waals surface area contributed by atoms with E-state index in [1.54, 1.807) is 0 Å². The van der Waals surface area contributed by atoms with Gasteiger partial charge in [-0.05, 0) is 31.2 Å². The fourth-order valence-corrected chi connectivity index (χ4v) is 3.16. The van der Waals surface area contributed by atoms with Gasteiger partial charge in [0.1, 0.15) is 24.3 Å². The first-order chi connectivity index (χ1) is 13.2. The van der Waals surface area contributed by atoms with E-state index < -0.39 is 6.10 Å². The summed E-state index contributed by atoms with van der Waals surface area (Å²) in [4.78, 5) is 4.77. The molecule has 4 heteroatoms. The molecule has 0 saturated carbocycles. The minimum atomic E-state index is -0.647. The van der Waals surface area contributed by atoms with E-state index in [0.717, 1.165) is 28.2 Å². The molecule has 0 bridgehead atoms. The Morgan fingerprint density at radius 3 is 2.41 bits per heavy atom. The topological polar surface area (TPSA) is 47.3 Å². The Balaban J connectivity index is 1.58. The Bertz CT molecular complexity index is 1020. The van der Waals surface area contributed by atoms with E-state index in [4.69, 9.17) is 9.72 Å². The van der Waals surface area contributed by atoms with E-state index in [1.807, 2.05) is 85.8 Å². The fourth-order valence-electron chi connectivity index (χ4n) is 3.16. The van der Waals surface area contributed by atoms with Gasteiger partial charge in [-0.1, -0.05) is 60.2 Å². The maximum absolute atomic E-state index is 10.6. The molecule has 136 valence electrons. The standard InChI is InChI=1S/C23H22N2O2/c1-17-11-13-20(14-12-17)27-16-19(26)15-25-22-10-6-5-9-21(22)24-23(25)18-7-3-2-4-8-18/h2-14,19,26H,15-16H2,1H3. The van der Waals surface area contributed by atoms with Crippen LogP contribution in [0.5, 0.6) is 5.75 Å². The van der Waals surface area contributed by atoms with Gasteiger partial charge in [0.25, 0.3) is 0 Å². The highest BCUT2D eigenvalue weighted by molar-refractivity contribution is 5.80. The third kappa shape index (κ3) is 3.86. The van der Waals surface area contributed by atoms with E-state index in [9.17, 15) is 5.11 Å². The van der Waals surface area contributed by atoms with Crippen molar-refractivity contribution in [3.05, 3.63) is 84.4 Å². The van der Waals surface area contributed by atoms with Crippen molar-refractivity contribution in [3.8, 4) is 17.1 Å². The molecular weight excluding hydrogens is 336 g/mol. The predicted octanol–water partition coefficient (Wildman–Crippen LogP) is 4.45. The van der Waals surface area contributed by atoms with Gasteiger partial charge < -0.3 is 14.4 Å². The quantitative estimate of drug-likeness (QED) is 0.554. The number of benzene rings is 3. The van der Waals surface area contributed by atoms with Crippen molar-refractivity contribution in [1.29, 1.82) is 0 Å². The van der Waals surface area contributed by atoms with Gasteiger partial charge in [0.15, 0.2) is 0 Å². The predicted molar refractivity (Wildman–Crippen MR) is 108 cm³/mol. The molecule has 4 aromatic rings. The number of hydrogen-bond donors (Lipinski definition) is 1. The van der Waals surface area contributed by atoms with E-state index in [0.29, 0.717) is 6.54 Å². The molecule has 0 fully saturated rings. The van der Waals surface area contributed by atoms with Crippen molar-refractivity contribution in [3.63, 3.8) is 0 Å². The molecule has 1 unspecified atom stereocenters. The second-order valence-corrected chi connectivity index (χ2v) is 6.68. The largest absolute Gasteiger partial charge is 0.491 e. The normalized spacial score (nSPS) is 12.2. The van der Waals surface area contributed by atoms with Gasteiger partial charge in [-0.15, -0.1) is 0 Å². The Kier molecular flexibility index (Phi) is 4.90. The summed E-state index contributed by atoms with van der Waals surface area (Å²) in [6, 6.07) is 25.9. The first kappa shape index (κ1) is 17.3. The number of aromatic nitrogens is 2. The monoisotopic (exact) mass is 358 g/mol. The van der Waals surface area contributed by atoms with Crippen molar-refractivity contribution in [1.82, 2.24) is 9.55 Å². The number of ether oxygens (including phenoxy) is 1. The number of aliphatic hydroxyl groups excluding tert-OH is 1. The van der Waals surface area contributed by atoms with Crippen LogP contribution in [0.1, 0.15) is 5.56 Å². The average Bonchev–Trinajstić information content (AvgIpc) is 3.07. The van der Waals surface area contributed by atoms with Crippen LogP contribution in [0, 0.1) is 6.92 Å². The van der Waals surface area contributed by atoms with Crippen LogP contribution >= 0.6 is 0 Å². The van der Waals surface area contributed by atoms with Crippen LogP contribution in [-0.4, -0.2) is 27.4 Å². The van der Waals surface area contributed by atoms with Gasteiger partial charge in [-0.3, -0.25) is 0 Å². The van der Waals surface area contributed by atoms with E-state index in [-0.39, 0.29) is 6.61 Å². The maximum Gasteiger partial charge on any atom is 0.141 e. The molecule has 0 aliphatic carbocycles. The van der Waals surface area contributed by atoms with Gasteiger partial charge in [0.2, 0.25) is 0 Å². The first-order valence-electron chi connectivity index (χ1n) is 9.09. The number of hydrogen-bond acceptors (Lipinski definition) is 3. The summed E-state index contributed by atoms with van der Waals surface area (Å²) in [5.41, 5.74) is 4.13. The fraction of sp³-hybridized carbons (Fsp3) is 0.174. The molecule has 27 heavy (non-hydrogen) atoms. The lowest BCUT2D eigenvalue weighted by Crippen LogP contribution is -2.24. The number of aliphatic hydroxyl groups is 1. The lowest BCUT2D eigenvalue weighted by molar-refractivity contribution is 0.0938. The molecule has 1 heterocycles. The van der Waals surface area contributed by atoms with E-state index in [2.05, 4.69) is 4.57 Å². The van der Waals surface area contributed by atoms with E-state index >= 15 is 0 Å². The lowest BCUT2D eigenvalue weighted by Gasteiger charge is -2.16. The molecule has 1 atom stereocenters. The molecule has 4 nitrogen and oxygen atoms in total. The summed E-state index contributed by atoms with van der Waals surface area (Å²) in [7, 11) is 0. The SMILES string of the molecule is Cc1ccc(OCC(O)Cn2c(-c3ccccc3)nc3ccccc32)cc1. The minimum Gasteiger partial charge on any atom is -0.491 e. The Hall–Kier alpha value is -3.11. The molecule has 0 radical (unpaired) electrons. The van der Waals surface area contributed by atoms with Gasteiger partial charge >= 0.3 is 0 Å². The summed E-state index contributed by atoms with van der Waals surface area (Å²) in [5.74, 6) is 1.62. The zero-order valence-corrected chi connectivity index (χ0v) is 15.2. The highest BCUT2D eigenvalue weighted by Gasteiger charge is 2.16. The van der Waals surface area contributed by atoms with Crippen molar-refractivity contribution >= 4 is 11.0 Å². The molecule has 1 aromatic heterocycles. The number of rotatable bonds is 6. The smallest absolute Gasteiger partial charge is 0.141 e. The van der Waals surface area contributed by atoms with Gasteiger partial charge in [0, 0.05) is 5.56 Å². The second kappa shape index (κ2) is 7.64. The average molecular weight is 358 g/mol. The number of imidazole rings is 1. The number of nitrogens with zero attached hydrogens (tertiary/aromatic N) is 2. The summed E-state index contributed by atoms with van der Waals surface area (Å²) in [6.07, 6.45) is -0.647. The van der Waals surface area contributed by atoms with Crippen LogP contribution in [0.15, 0.2) is 78.9 Å². The Morgan fingerprint density at radius 2 is 1.63 bits per heavy atom. The zero-order chi connectivity index (χ0) is 18.6. The van der Waals surface area contributed by atoms with Crippen LogP contribution in [0.25, 0.3) is 22.4 Å². The van der Waals surface area contributed by atoms with Crippen LogP contribution in [-0.2, 0) is 6.54 Å². The highest BCUT2D eigenvalue weighted by Crippen LogP contribution is 2.25. The third-order valence-electron chi connectivity index (χ3n) is 4.54. The molecule has 3 aromatic carbocycles. The number of aryl methyl sites for hydroxylation is 1. The molecular formula is C23H22N2O2. The molecule has 1 N–H and O–H groups in total. The highest BCUT2D eigenvalue weighted by atomic mass is 16.5. The summed E-state index contributed by atoms with van der Waals surface area (Å²) < 4.78 is 7.81. The molecule has 0 amide bonds. The van der Waals surface area contributed by atoms with Crippen LogP contribution < -0.4 is 4.74 Å². The summed E-state index contributed by atoms with van der Waals surface area (Å²) >= 11 is 0. The molecule has 0 aliphatic heterocycles. The lowest BCUT2D eigenvalue weighted by atomic mass is 10.2. The van der Waals surface area contributed by atoms with Crippen LogP contribution in [0.4, 0.5) is 0 Å². The van der Waals surface area contributed by atoms with Gasteiger partial charge in [0.05, 0.1) is 17.6 Å². The summed E-state index contributed by atoms with van der Waals surface area (Å²) in [6.45, 7) is 2.67. The van der Waals surface area contributed by atoms with Crippen molar-refractivity contribution in [2.24, 2.45) is 0 Å². The van der Waals surface area contributed by atoms with Gasteiger partial charge in [-0.2, -0.15) is 0 Å². The molecule has 0 spiro atoms. The Labute approximate surface area is 158 Å². The zero-order valence-electron chi connectivity index (χ0n) is 15.2. The first-order valence-corrected chi connectivity index (χ1v) is 9.09. The minimum absolute atomic E-state index is 0.226. The third-order valence-corrected chi connectivity index (χ3v) is 4.54. The van der Waals surface area contributed by atoms with Crippen molar-refractivity contribution < 1.29 is 9.84 Å².